The minimum atomic E-state index is -0.557. The first-order valence-corrected chi connectivity index (χ1v) is 6.12. The Labute approximate surface area is 111 Å². The lowest BCUT2D eigenvalue weighted by atomic mass is 10.1. The molecule has 0 spiro atoms. The highest BCUT2D eigenvalue weighted by molar-refractivity contribution is 5.27. The number of benzene rings is 1. The van der Waals surface area contributed by atoms with E-state index in [9.17, 15) is 8.78 Å². The Morgan fingerprint density at radius 2 is 2.05 bits per heavy atom. The topological polar surface area (TPSA) is 29.9 Å². The molecule has 0 amide bonds. The van der Waals surface area contributed by atoms with Crippen molar-refractivity contribution in [1.29, 1.82) is 0 Å². The molecule has 0 aliphatic rings. The van der Waals surface area contributed by atoms with Gasteiger partial charge in [0.1, 0.15) is 17.5 Å². The van der Waals surface area contributed by atoms with Crippen molar-refractivity contribution in [2.75, 3.05) is 7.05 Å². The Balaban J connectivity index is 2.33. The molecule has 0 aliphatic heterocycles. The number of hydrogen-bond acceptors (Lipinski definition) is 2. The van der Waals surface area contributed by atoms with Gasteiger partial charge in [0.05, 0.1) is 12.2 Å². The van der Waals surface area contributed by atoms with Crippen LogP contribution in [0.25, 0.3) is 0 Å². The first kappa shape index (κ1) is 13.7. The van der Waals surface area contributed by atoms with Crippen molar-refractivity contribution in [3.63, 3.8) is 0 Å². The van der Waals surface area contributed by atoms with E-state index in [-0.39, 0.29) is 0 Å². The summed E-state index contributed by atoms with van der Waals surface area (Å²) in [5, 5.41) is 3.04. The van der Waals surface area contributed by atoms with E-state index in [1.807, 2.05) is 25.6 Å². The average Bonchev–Trinajstić information content (AvgIpc) is 2.60. The van der Waals surface area contributed by atoms with Crippen LogP contribution in [0.3, 0.4) is 0 Å². The molecule has 5 heteroatoms. The molecule has 0 atom stereocenters. The molecule has 0 aliphatic carbocycles. The van der Waals surface area contributed by atoms with Gasteiger partial charge in [-0.25, -0.2) is 13.8 Å². The van der Waals surface area contributed by atoms with Crippen LogP contribution in [0.5, 0.6) is 0 Å². The summed E-state index contributed by atoms with van der Waals surface area (Å²) >= 11 is 0. The molecule has 1 aromatic heterocycles. The van der Waals surface area contributed by atoms with Crippen molar-refractivity contribution in [3.05, 3.63) is 52.6 Å². The molecular formula is C14H17F2N3. The molecule has 0 saturated heterocycles. The standard InChI is InChI=1S/C14H17F2N3/c1-9-13(19(3)14(18-9)8-17-2)6-10-4-5-11(15)7-12(10)16/h4-5,7,17H,6,8H2,1-3H3. The van der Waals surface area contributed by atoms with E-state index < -0.39 is 11.6 Å². The van der Waals surface area contributed by atoms with Crippen LogP contribution in [-0.4, -0.2) is 16.6 Å². The Morgan fingerprint density at radius 1 is 1.32 bits per heavy atom. The van der Waals surface area contributed by atoms with Crippen molar-refractivity contribution < 1.29 is 8.78 Å². The highest BCUT2D eigenvalue weighted by Gasteiger charge is 2.13. The van der Waals surface area contributed by atoms with Gasteiger partial charge < -0.3 is 9.88 Å². The smallest absolute Gasteiger partial charge is 0.129 e. The van der Waals surface area contributed by atoms with Crippen molar-refractivity contribution in [1.82, 2.24) is 14.9 Å². The number of aromatic nitrogens is 2. The summed E-state index contributed by atoms with van der Waals surface area (Å²) in [7, 11) is 3.76. The van der Waals surface area contributed by atoms with Gasteiger partial charge in [-0.05, 0) is 25.6 Å². The molecule has 0 fully saturated rings. The maximum absolute atomic E-state index is 13.7. The molecule has 2 rings (SSSR count). The quantitative estimate of drug-likeness (QED) is 0.919. The largest absolute Gasteiger partial charge is 0.333 e. The van der Waals surface area contributed by atoms with Crippen molar-refractivity contribution in [2.45, 2.75) is 19.9 Å². The molecule has 102 valence electrons. The van der Waals surface area contributed by atoms with Gasteiger partial charge in [0.25, 0.3) is 0 Å². The van der Waals surface area contributed by atoms with E-state index in [0.29, 0.717) is 18.5 Å². The van der Waals surface area contributed by atoms with Crippen LogP contribution < -0.4 is 5.32 Å². The number of rotatable bonds is 4. The molecule has 1 aromatic carbocycles. The normalized spacial score (nSPS) is 11.0. The van der Waals surface area contributed by atoms with Gasteiger partial charge in [-0.1, -0.05) is 6.07 Å². The van der Waals surface area contributed by atoms with E-state index in [1.54, 1.807) is 0 Å². The van der Waals surface area contributed by atoms with E-state index in [0.717, 1.165) is 23.3 Å². The lowest BCUT2D eigenvalue weighted by molar-refractivity contribution is 0.573. The number of halogens is 2. The molecular weight excluding hydrogens is 248 g/mol. The summed E-state index contributed by atoms with van der Waals surface area (Å²) in [5.74, 6) is -0.174. The molecule has 19 heavy (non-hydrogen) atoms. The van der Waals surface area contributed by atoms with E-state index >= 15 is 0 Å². The predicted octanol–water partition coefficient (Wildman–Crippen LogP) is 2.32. The Morgan fingerprint density at radius 3 is 2.68 bits per heavy atom. The van der Waals surface area contributed by atoms with Crippen LogP contribution in [0.15, 0.2) is 18.2 Å². The summed E-state index contributed by atoms with van der Waals surface area (Å²) in [6.45, 7) is 2.55. The van der Waals surface area contributed by atoms with Gasteiger partial charge in [0.2, 0.25) is 0 Å². The lowest BCUT2D eigenvalue weighted by Gasteiger charge is -2.07. The van der Waals surface area contributed by atoms with Gasteiger partial charge in [-0.15, -0.1) is 0 Å². The molecule has 0 radical (unpaired) electrons. The Bertz CT molecular complexity index is 591. The summed E-state index contributed by atoms with van der Waals surface area (Å²) in [4.78, 5) is 4.45. The molecule has 3 nitrogen and oxygen atoms in total. The fourth-order valence-electron chi connectivity index (χ4n) is 2.14. The Kier molecular flexibility index (Phi) is 3.95. The molecule has 0 saturated carbocycles. The number of hydrogen-bond donors (Lipinski definition) is 1. The van der Waals surface area contributed by atoms with Crippen molar-refractivity contribution >= 4 is 0 Å². The highest BCUT2D eigenvalue weighted by atomic mass is 19.1. The van der Waals surface area contributed by atoms with Gasteiger partial charge in [0, 0.05) is 25.2 Å². The second-order valence-electron chi connectivity index (χ2n) is 4.56. The maximum atomic E-state index is 13.7. The van der Waals surface area contributed by atoms with Crippen LogP contribution >= 0.6 is 0 Å². The first-order valence-electron chi connectivity index (χ1n) is 6.12. The van der Waals surface area contributed by atoms with Crippen molar-refractivity contribution in [2.24, 2.45) is 7.05 Å². The zero-order chi connectivity index (χ0) is 14.0. The predicted molar refractivity (Wildman–Crippen MR) is 69.9 cm³/mol. The van der Waals surface area contributed by atoms with Gasteiger partial charge in [-0.2, -0.15) is 0 Å². The van der Waals surface area contributed by atoms with Crippen LogP contribution in [0.4, 0.5) is 8.78 Å². The molecule has 1 heterocycles. The fraction of sp³-hybridized carbons (Fsp3) is 0.357. The molecule has 2 aromatic rings. The third kappa shape index (κ3) is 2.81. The van der Waals surface area contributed by atoms with E-state index in [2.05, 4.69) is 10.3 Å². The lowest BCUT2D eigenvalue weighted by Crippen LogP contribution is -2.11. The van der Waals surface area contributed by atoms with Gasteiger partial charge >= 0.3 is 0 Å². The molecule has 0 bridgehead atoms. The van der Waals surface area contributed by atoms with Crippen molar-refractivity contribution in [3.8, 4) is 0 Å². The van der Waals surface area contributed by atoms with Crippen LogP contribution in [0, 0.1) is 18.6 Å². The monoisotopic (exact) mass is 265 g/mol. The minimum absolute atomic E-state index is 0.408. The number of aryl methyl sites for hydroxylation is 1. The van der Waals surface area contributed by atoms with Gasteiger partial charge in [-0.3, -0.25) is 0 Å². The average molecular weight is 265 g/mol. The number of nitrogens with zero attached hydrogens (tertiary/aromatic N) is 2. The van der Waals surface area contributed by atoms with Crippen LogP contribution in [0.1, 0.15) is 22.8 Å². The fourth-order valence-corrected chi connectivity index (χ4v) is 2.14. The third-order valence-corrected chi connectivity index (χ3v) is 3.21. The second kappa shape index (κ2) is 5.48. The SMILES string of the molecule is CNCc1nc(C)c(Cc2ccc(F)cc2F)n1C. The van der Waals surface area contributed by atoms with Crippen LogP contribution in [-0.2, 0) is 20.0 Å². The number of imidazole rings is 1. The molecule has 0 unspecified atom stereocenters. The van der Waals surface area contributed by atoms with Gasteiger partial charge in [0.15, 0.2) is 0 Å². The Hall–Kier alpha value is -1.75. The zero-order valence-electron chi connectivity index (χ0n) is 11.3. The zero-order valence-corrected chi connectivity index (χ0v) is 11.3. The van der Waals surface area contributed by atoms with Crippen LogP contribution in [0.2, 0.25) is 0 Å². The minimum Gasteiger partial charge on any atom is -0.333 e. The molecule has 1 N–H and O–H groups in total. The third-order valence-electron chi connectivity index (χ3n) is 3.21. The first-order chi connectivity index (χ1) is 9.02. The van der Waals surface area contributed by atoms with E-state index in [1.165, 1.54) is 12.1 Å². The summed E-state index contributed by atoms with van der Waals surface area (Å²) < 4.78 is 28.5. The second-order valence-corrected chi connectivity index (χ2v) is 4.56. The summed E-state index contributed by atoms with van der Waals surface area (Å²) in [5.41, 5.74) is 2.29. The number of nitrogens with one attached hydrogen (secondary N) is 1. The van der Waals surface area contributed by atoms with E-state index in [4.69, 9.17) is 0 Å². The highest BCUT2D eigenvalue weighted by Crippen LogP contribution is 2.18. The summed E-state index contributed by atoms with van der Waals surface area (Å²) in [6.07, 6.45) is 0.408. The maximum Gasteiger partial charge on any atom is 0.129 e. The summed E-state index contributed by atoms with van der Waals surface area (Å²) in [6, 6.07) is 3.67.